The average Bonchev–Trinajstić information content (AvgIpc) is 2.84. The Morgan fingerprint density at radius 3 is 2.82 bits per heavy atom. The van der Waals surface area contributed by atoms with Crippen LogP contribution in [0.2, 0.25) is 0 Å². The first kappa shape index (κ1) is 15.1. The number of benzene rings is 1. The van der Waals surface area contributed by atoms with E-state index in [1.807, 2.05) is 31.2 Å². The van der Waals surface area contributed by atoms with Crippen LogP contribution in [0.4, 0.5) is 8.78 Å². The fraction of sp³-hybridized carbons (Fsp3) is 0.438. The zero-order valence-electron chi connectivity index (χ0n) is 12.6. The SMILES string of the molecule is Cc1ccc(-c2[nH]ncc2CN2CCNCC(F)(F)C2)cc1. The molecule has 6 heteroatoms. The van der Waals surface area contributed by atoms with E-state index in [4.69, 9.17) is 0 Å². The van der Waals surface area contributed by atoms with Gasteiger partial charge in [-0.2, -0.15) is 5.10 Å². The van der Waals surface area contributed by atoms with Crippen LogP contribution in [0.1, 0.15) is 11.1 Å². The number of nitrogens with zero attached hydrogens (tertiary/aromatic N) is 2. The van der Waals surface area contributed by atoms with Gasteiger partial charge in [0.1, 0.15) is 0 Å². The van der Waals surface area contributed by atoms with Crippen LogP contribution in [0.15, 0.2) is 30.5 Å². The second kappa shape index (κ2) is 6.14. The van der Waals surface area contributed by atoms with Crippen LogP contribution in [0.3, 0.4) is 0 Å². The summed E-state index contributed by atoms with van der Waals surface area (Å²) in [5.41, 5.74) is 4.06. The van der Waals surface area contributed by atoms with Crippen LogP contribution in [0.5, 0.6) is 0 Å². The third kappa shape index (κ3) is 3.51. The third-order valence-corrected chi connectivity index (χ3v) is 3.90. The van der Waals surface area contributed by atoms with Crippen molar-refractivity contribution in [3.8, 4) is 11.3 Å². The predicted molar refractivity (Wildman–Crippen MR) is 81.9 cm³/mol. The highest BCUT2D eigenvalue weighted by molar-refractivity contribution is 5.62. The van der Waals surface area contributed by atoms with E-state index < -0.39 is 5.92 Å². The zero-order valence-corrected chi connectivity index (χ0v) is 12.6. The highest BCUT2D eigenvalue weighted by Gasteiger charge is 2.33. The van der Waals surface area contributed by atoms with Gasteiger partial charge in [0.15, 0.2) is 0 Å². The molecule has 1 aliphatic rings. The van der Waals surface area contributed by atoms with Crippen LogP contribution >= 0.6 is 0 Å². The van der Waals surface area contributed by atoms with Crippen LogP contribution in [-0.2, 0) is 6.54 Å². The second-order valence-electron chi connectivity index (χ2n) is 5.88. The molecule has 118 valence electrons. The molecule has 0 radical (unpaired) electrons. The molecule has 1 saturated heterocycles. The van der Waals surface area contributed by atoms with E-state index in [1.54, 1.807) is 11.1 Å². The highest BCUT2D eigenvalue weighted by Crippen LogP contribution is 2.24. The van der Waals surface area contributed by atoms with Crippen molar-refractivity contribution in [1.82, 2.24) is 20.4 Å². The smallest absolute Gasteiger partial charge is 0.272 e. The number of hydrogen-bond acceptors (Lipinski definition) is 3. The lowest BCUT2D eigenvalue weighted by molar-refractivity contribution is -0.0200. The van der Waals surface area contributed by atoms with Gasteiger partial charge in [0.2, 0.25) is 0 Å². The Bertz CT molecular complexity index is 621. The first-order chi connectivity index (χ1) is 10.5. The van der Waals surface area contributed by atoms with Gasteiger partial charge in [0.05, 0.1) is 25.0 Å². The number of hydrogen-bond donors (Lipinski definition) is 2. The topological polar surface area (TPSA) is 44.0 Å². The van der Waals surface area contributed by atoms with Crippen LogP contribution in [0, 0.1) is 6.92 Å². The lowest BCUT2D eigenvalue weighted by atomic mass is 10.1. The maximum Gasteiger partial charge on any atom is 0.272 e. The summed E-state index contributed by atoms with van der Waals surface area (Å²) >= 11 is 0. The fourth-order valence-corrected chi connectivity index (χ4v) is 2.75. The lowest BCUT2D eigenvalue weighted by Gasteiger charge is -2.23. The summed E-state index contributed by atoms with van der Waals surface area (Å²) in [6.45, 7) is 3.21. The second-order valence-corrected chi connectivity index (χ2v) is 5.88. The molecule has 0 aliphatic carbocycles. The van der Waals surface area contributed by atoms with Crippen molar-refractivity contribution in [1.29, 1.82) is 0 Å². The van der Waals surface area contributed by atoms with Gasteiger partial charge in [-0.15, -0.1) is 0 Å². The number of nitrogens with one attached hydrogen (secondary N) is 2. The summed E-state index contributed by atoms with van der Waals surface area (Å²) in [5.74, 6) is -2.69. The van der Waals surface area contributed by atoms with E-state index in [-0.39, 0.29) is 13.1 Å². The minimum Gasteiger partial charge on any atom is -0.310 e. The molecule has 3 rings (SSSR count). The zero-order chi connectivity index (χ0) is 15.6. The van der Waals surface area contributed by atoms with Gasteiger partial charge in [-0.05, 0) is 12.5 Å². The Morgan fingerprint density at radius 2 is 2.05 bits per heavy atom. The largest absolute Gasteiger partial charge is 0.310 e. The Kier molecular flexibility index (Phi) is 4.22. The van der Waals surface area contributed by atoms with Crippen molar-refractivity contribution in [3.05, 3.63) is 41.6 Å². The molecule has 22 heavy (non-hydrogen) atoms. The summed E-state index contributed by atoms with van der Waals surface area (Å²) < 4.78 is 27.4. The molecule has 0 atom stereocenters. The van der Waals surface area contributed by atoms with Crippen molar-refractivity contribution in [2.45, 2.75) is 19.4 Å². The molecule has 4 nitrogen and oxygen atoms in total. The molecule has 1 aromatic carbocycles. The summed E-state index contributed by atoms with van der Waals surface area (Å²) in [7, 11) is 0. The molecule has 0 spiro atoms. The number of aromatic nitrogens is 2. The molecule has 1 fully saturated rings. The minimum atomic E-state index is -2.69. The van der Waals surface area contributed by atoms with E-state index >= 15 is 0 Å². The van der Waals surface area contributed by atoms with Gasteiger partial charge in [0, 0.05) is 25.2 Å². The standard InChI is InChI=1S/C16H20F2N4/c1-12-2-4-13(5-3-12)15-14(8-20-21-15)9-22-7-6-19-10-16(17,18)11-22/h2-5,8,19H,6-7,9-11H2,1H3,(H,20,21). The number of alkyl halides is 2. The van der Waals surface area contributed by atoms with Crippen molar-refractivity contribution >= 4 is 0 Å². The fourth-order valence-electron chi connectivity index (χ4n) is 2.75. The number of aryl methyl sites for hydroxylation is 1. The molecule has 0 unspecified atom stereocenters. The predicted octanol–water partition coefficient (Wildman–Crippen LogP) is 2.43. The van der Waals surface area contributed by atoms with Crippen molar-refractivity contribution in [2.75, 3.05) is 26.2 Å². The number of halogens is 2. The van der Waals surface area contributed by atoms with Crippen LogP contribution in [0.25, 0.3) is 11.3 Å². The molecule has 0 saturated carbocycles. The van der Waals surface area contributed by atoms with Crippen molar-refractivity contribution < 1.29 is 8.78 Å². The van der Waals surface area contributed by atoms with Gasteiger partial charge in [-0.3, -0.25) is 10.00 Å². The molecular weight excluding hydrogens is 286 g/mol. The Morgan fingerprint density at radius 1 is 1.27 bits per heavy atom. The maximum absolute atomic E-state index is 13.7. The summed E-state index contributed by atoms with van der Waals surface area (Å²) in [6.07, 6.45) is 1.73. The van der Waals surface area contributed by atoms with Gasteiger partial charge in [-0.25, -0.2) is 8.78 Å². The minimum absolute atomic E-state index is 0.224. The normalized spacial score (nSPS) is 19.0. The van der Waals surface area contributed by atoms with E-state index in [1.165, 1.54) is 5.56 Å². The molecule has 1 aliphatic heterocycles. The van der Waals surface area contributed by atoms with Gasteiger partial charge < -0.3 is 5.32 Å². The lowest BCUT2D eigenvalue weighted by Crippen LogP contribution is -2.38. The van der Waals surface area contributed by atoms with Gasteiger partial charge in [0.25, 0.3) is 5.92 Å². The van der Waals surface area contributed by atoms with Gasteiger partial charge >= 0.3 is 0 Å². The molecule has 2 heterocycles. The first-order valence-corrected chi connectivity index (χ1v) is 7.44. The molecule has 2 N–H and O–H groups in total. The first-order valence-electron chi connectivity index (χ1n) is 7.44. The van der Waals surface area contributed by atoms with Crippen LogP contribution in [-0.4, -0.2) is 47.2 Å². The number of aromatic amines is 1. The quantitative estimate of drug-likeness (QED) is 0.915. The Labute approximate surface area is 128 Å². The summed E-state index contributed by atoms with van der Waals surface area (Å²) in [4.78, 5) is 1.78. The molecule has 1 aromatic heterocycles. The Balaban J connectivity index is 1.78. The van der Waals surface area contributed by atoms with E-state index in [2.05, 4.69) is 15.5 Å². The number of rotatable bonds is 3. The molecule has 0 bridgehead atoms. The average molecular weight is 306 g/mol. The van der Waals surface area contributed by atoms with E-state index in [0.717, 1.165) is 16.8 Å². The van der Waals surface area contributed by atoms with E-state index in [0.29, 0.717) is 19.6 Å². The molecule has 2 aromatic rings. The highest BCUT2D eigenvalue weighted by atomic mass is 19.3. The van der Waals surface area contributed by atoms with E-state index in [9.17, 15) is 8.78 Å². The number of H-pyrrole nitrogens is 1. The maximum atomic E-state index is 13.7. The third-order valence-electron chi connectivity index (χ3n) is 3.90. The Hall–Kier alpha value is -1.79. The molecular formula is C16H20F2N4. The summed E-state index contributed by atoms with van der Waals surface area (Å²) in [5, 5.41) is 9.86. The van der Waals surface area contributed by atoms with Crippen molar-refractivity contribution in [3.63, 3.8) is 0 Å². The summed E-state index contributed by atoms with van der Waals surface area (Å²) in [6, 6.07) is 8.10. The molecule has 0 amide bonds. The van der Waals surface area contributed by atoms with Crippen molar-refractivity contribution in [2.24, 2.45) is 0 Å². The van der Waals surface area contributed by atoms with Gasteiger partial charge in [-0.1, -0.05) is 29.8 Å². The monoisotopic (exact) mass is 306 g/mol. The van der Waals surface area contributed by atoms with Crippen LogP contribution < -0.4 is 5.32 Å².